The second kappa shape index (κ2) is 12.1. The number of carbonyl (C=O) groups excluding carboxylic acids is 2. The maximum absolute atomic E-state index is 13.0. The largest absolute Gasteiger partial charge is 0.493 e. The smallest absolute Gasteiger partial charge is 0.324 e. The quantitative estimate of drug-likeness (QED) is 0.165. The van der Waals surface area contributed by atoms with Crippen LogP contribution in [0.5, 0.6) is 23.0 Å². The molecule has 0 radical (unpaired) electrons. The van der Waals surface area contributed by atoms with Gasteiger partial charge in [0, 0.05) is 34.9 Å². The summed E-state index contributed by atoms with van der Waals surface area (Å²) >= 11 is 0. The highest BCUT2D eigenvalue weighted by Crippen LogP contribution is 2.37. The van der Waals surface area contributed by atoms with Crippen LogP contribution in [0.15, 0.2) is 73.1 Å². The average molecular weight is 582 g/mol. The normalized spacial score (nSPS) is 11.1. The number of nitrogens with one attached hydrogen (secondary N) is 4. The van der Waals surface area contributed by atoms with E-state index >= 15 is 0 Å². The number of aromatic amines is 1. The molecule has 0 saturated carbocycles. The number of benzene rings is 2. The summed E-state index contributed by atoms with van der Waals surface area (Å²) in [5.41, 5.74) is 0.828. The van der Waals surface area contributed by atoms with Crippen LogP contribution >= 0.6 is 0 Å². The minimum absolute atomic E-state index is 0.0355. The SMILES string of the molecule is COc1cc2nccc(Oc3ccc(NC(=O)Nc4[nH]c(C(C)(C)C)nc4C(=O)Nc4ccccn4)cc3)c2cc1OC. The molecule has 5 rings (SSSR count). The number of imidazole rings is 1. The molecule has 0 unspecified atom stereocenters. The molecular formula is C31H31N7O5. The third kappa shape index (κ3) is 6.64. The van der Waals surface area contributed by atoms with Crippen LogP contribution in [0, 0.1) is 0 Å². The summed E-state index contributed by atoms with van der Waals surface area (Å²) < 4.78 is 16.9. The van der Waals surface area contributed by atoms with Crippen molar-refractivity contribution in [1.82, 2.24) is 19.9 Å². The molecule has 0 aliphatic rings. The van der Waals surface area contributed by atoms with Crippen molar-refractivity contribution in [2.45, 2.75) is 26.2 Å². The second-order valence-corrected chi connectivity index (χ2v) is 10.5. The number of amides is 3. The number of ether oxygens (including phenoxy) is 3. The topological polar surface area (TPSA) is 152 Å². The average Bonchev–Trinajstić information content (AvgIpc) is 3.42. The van der Waals surface area contributed by atoms with Gasteiger partial charge in [-0.3, -0.25) is 15.1 Å². The van der Waals surface area contributed by atoms with E-state index in [2.05, 4.69) is 35.9 Å². The van der Waals surface area contributed by atoms with E-state index in [0.717, 1.165) is 5.39 Å². The first-order chi connectivity index (χ1) is 20.6. The van der Waals surface area contributed by atoms with Gasteiger partial charge in [0.1, 0.15) is 29.0 Å². The van der Waals surface area contributed by atoms with Crippen LogP contribution < -0.4 is 30.2 Å². The van der Waals surface area contributed by atoms with Gasteiger partial charge < -0.3 is 29.8 Å². The molecule has 43 heavy (non-hydrogen) atoms. The molecular weight excluding hydrogens is 550 g/mol. The number of rotatable bonds is 8. The lowest BCUT2D eigenvalue weighted by atomic mass is 9.96. The molecule has 12 nitrogen and oxygen atoms in total. The molecule has 0 bridgehead atoms. The first-order valence-corrected chi connectivity index (χ1v) is 13.3. The molecule has 0 atom stereocenters. The monoisotopic (exact) mass is 581 g/mol. The number of methoxy groups -OCH3 is 2. The van der Waals surface area contributed by atoms with Crippen LogP contribution in [0.4, 0.5) is 22.1 Å². The fourth-order valence-electron chi connectivity index (χ4n) is 4.14. The maximum Gasteiger partial charge on any atom is 0.324 e. The Bertz CT molecular complexity index is 1760. The molecule has 220 valence electrons. The van der Waals surface area contributed by atoms with Crippen LogP contribution in [0.3, 0.4) is 0 Å². The van der Waals surface area contributed by atoms with Crippen LogP contribution in [0.2, 0.25) is 0 Å². The lowest BCUT2D eigenvalue weighted by Gasteiger charge is -2.14. The molecule has 0 saturated heterocycles. The zero-order valence-corrected chi connectivity index (χ0v) is 24.3. The van der Waals surface area contributed by atoms with Crippen molar-refractivity contribution in [3.05, 3.63) is 84.6 Å². The molecule has 2 aromatic carbocycles. The Labute approximate surface area is 247 Å². The summed E-state index contributed by atoms with van der Waals surface area (Å²) in [6, 6.07) is 16.8. The molecule has 0 aliphatic heterocycles. The third-order valence-electron chi connectivity index (χ3n) is 6.32. The first-order valence-electron chi connectivity index (χ1n) is 13.3. The van der Waals surface area contributed by atoms with Crippen LogP contribution in [-0.4, -0.2) is 46.1 Å². The molecule has 3 amide bonds. The zero-order chi connectivity index (χ0) is 30.6. The molecule has 4 N–H and O–H groups in total. The van der Waals surface area contributed by atoms with Gasteiger partial charge in [-0.15, -0.1) is 0 Å². The van der Waals surface area contributed by atoms with E-state index in [1.54, 1.807) is 81.2 Å². The van der Waals surface area contributed by atoms with Crippen molar-refractivity contribution in [1.29, 1.82) is 0 Å². The van der Waals surface area contributed by atoms with Crippen molar-refractivity contribution in [3.63, 3.8) is 0 Å². The molecule has 0 fully saturated rings. The maximum atomic E-state index is 13.0. The third-order valence-corrected chi connectivity index (χ3v) is 6.32. The van der Waals surface area contributed by atoms with Crippen LogP contribution in [0.1, 0.15) is 37.1 Å². The number of nitrogens with zero attached hydrogens (tertiary/aromatic N) is 3. The van der Waals surface area contributed by atoms with Crippen molar-refractivity contribution >= 4 is 40.2 Å². The number of carbonyl (C=O) groups is 2. The minimum Gasteiger partial charge on any atom is -0.493 e. The summed E-state index contributed by atoms with van der Waals surface area (Å²) in [5, 5.41) is 8.92. The second-order valence-electron chi connectivity index (χ2n) is 10.5. The Morgan fingerprint density at radius 3 is 2.23 bits per heavy atom. The van der Waals surface area contributed by atoms with E-state index in [4.69, 9.17) is 14.2 Å². The molecule has 12 heteroatoms. The Morgan fingerprint density at radius 1 is 0.814 bits per heavy atom. The summed E-state index contributed by atoms with van der Waals surface area (Å²) in [6.45, 7) is 5.84. The van der Waals surface area contributed by atoms with Gasteiger partial charge >= 0.3 is 6.03 Å². The Kier molecular flexibility index (Phi) is 8.10. The molecule has 0 spiro atoms. The molecule has 3 heterocycles. The van der Waals surface area contributed by atoms with Crippen molar-refractivity contribution in [2.75, 3.05) is 30.2 Å². The summed E-state index contributed by atoms with van der Waals surface area (Å²) in [5.74, 6) is 2.80. The highest BCUT2D eigenvalue weighted by molar-refractivity contribution is 6.09. The Morgan fingerprint density at radius 2 is 1.56 bits per heavy atom. The van der Waals surface area contributed by atoms with E-state index in [-0.39, 0.29) is 11.5 Å². The number of pyridine rings is 2. The number of urea groups is 1. The van der Waals surface area contributed by atoms with Crippen molar-refractivity contribution in [2.24, 2.45) is 0 Å². The number of hydrogen-bond donors (Lipinski definition) is 4. The minimum atomic E-state index is -0.564. The van der Waals surface area contributed by atoms with Gasteiger partial charge in [0.15, 0.2) is 17.2 Å². The fraction of sp³-hybridized carbons (Fsp3) is 0.194. The van der Waals surface area contributed by atoms with Crippen molar-refractivity contribution < 1.29 is 23.8 Å². The standard InChI is InChI=1S/C31H31N7O5/c1-31(2,3)29-36-26(28(39)35-25-8-6-7-14-33-25)27(37-29)38-30(40)34-18-9-11-19(12-10-18)43-22-13-15-32-21-17-24(42-5)23(41-4)16-20(21)22/h6-17H,1-5H3,(H,36,37)(H,33,35,39)(H2,34,38,40). The number of aromatic nitrogens is 4. The summed E-state index contributed by atoms with van der Waals surface area (Å²) in [7, 11) is 3.13. The number of H-pyrrole nitrogens is 1. The highest BCUT2D eigenvalue weighted by atomic mass is 16.5. The van der Waals surface area contributed by atoms with E-state index in [1.165, 1.54) is 0 Å². The van der Waals surface area contributed by atoms with Crippen LogP contribution in [-0.2, 0) is 5.41 Å². The first kappa shape index (κ1) is 28.9. The highest BCUT2D eigenvalue weighted by Gasteiger charge is 2.25. The molecule has 0 aliphatic carbocycles. The van der Waals surface area contributed by atoms with Gasteiger partial charge in [0.2, 0.25) is 0 Å². The van der Waals surface area contributed by atoms with Crippen LogP contribution in [0.25, 0.3) is 10.9 Å². The van der Waals surface area contributed by atoms with Gasteiger partial charge in [0.25, 0.3) is 5.91 Å². The predicted molar refractivity (Wildman–Crippen MR) is 163 cm³/mol. The Balaban J connectivity index is 1.29. The van der Waals surface area contributed by atoms with Gasteiger partial charge in [-0.1, -0.05) is 26.8 Å². The molecule has 5 aromatic rings. The summed E-state index contributed by atoms with van der Waals surface area (Å²) in [4.78, 5) is 42.0. The van der Waals surface area contributed by atoms with E-state index in [1.807, 2.05) is 26.8 Å². The summed E-state index contributed by atoms with van der Waals surface area (Å²) in [6.07, 6.45) is 3.22. The number of anilines is 3. The van der Waals surface area contributed by atoms with Crippen molar-refractivity contribution in [3.8, 4) is 23.0 Å². The lowest BCUT2D eigenvalue weighted by Crippen LogP contribution is -2.22. The number of fused-ring (bicyclic) bond motifs is 1. The zero-order valence-electron chi connectivity index (χ0n) is 24.3. The van der Waals surface area contributed by atoms with Gasteiger partial charge in [-0.05, 0) is 48.5 Å². The predicted octanol–water partition coefficient (Wildman–Crippen LogP) is 6.36. The van der Waals surface area contributed by atoms with Gasteiger partial charge in [-0.2, -0.15) is 0 Å². The fourth-order valence-corrected chi connectivity index (χ4v) is 4.14. The lowest BCUT2D eigenvalue weighted by molar-refractivity contribution is 0.102. The molecule has 3 aromatic heterocycles. The van der Waals surface area contributed by atoms with Gasteiger partial charge in [-0.25, -0.2) is 14.8 Å². The number of hydrogen-bond acceptors (Lipinski definition) is 8. The van der Waals surface area contributed by atoms with E-state index in [0.29, 0.717) is 45.8 Å². The van der Waals surface area contributed by atoms with E-state index in [9.17, 15) is 9.59 Å². The van der Waals surface area contributed by atoms with Gasteiger partial charge in [0.05, 0.1) is 19.7 Å². The Hall–Kier alpha value is -5.65. The van der Waals surface area contributed by atoms with E-state index < -0.39 is 17.4 Å².